The fourth-order valence-corrected chi connectivity index (χ4v) is 3.87. The summed E-state index contributed by atoms with van der Waals surface area (Å²) in [5.74, 6) is 1.35. The summed E-state index contributed by atoms with van der Waals surface area (Å²) in [5, 5.41) is 0. The molecule has 0 radical (unpaired) electrons. The first-order chi connectivity index (χ1) is 11.8. The third-order valence-electron chi connectivity index (χ3n) is 4.74. The van der Waals surface area contributed by atoms with E-state index in [1.807, 2.05) is 18.3 Å². The molecule has 1 aliphatic heterocycles. The van der Waals surface area contributed by atoms with Crippen molar-refractivity contribution in [3.8, 4) is 0 Å². The Morgan fingerprint density at radius 2 is 2.00 bits per heavy atom. The Morgan fingerprint density at radius 1 is 1.12 bits per heavy atom. The third kappa shape index (κ3) is 3.04. The van der Waals surface area contributed by atoms with Gasteiger partial charge in [-0.15, -0.1) is 11.6 Å². The number of alkyl halides is 1. The molecular weight excluding hydrogens is 320 g/mol. The number of hydrogen-bond donors (Lipinski definition) is 0. The SMILES string of the molecule is ClCc1nc2cccnc2n1[C@@H]1CCCN(Cc2ccccc2)C1. The highest BCUT2D eigenvalue weighted by Gasteiger charge is 2.25. The number of pyridine rings is 1. The van der Waals surface area contributed by atoms with Crippen molar-refractivity contribution in [2.45, 2.75) is 31.3 Å². The number of piperidine rings is 1. The van der Waals surface area contributed by atoms with Crippen LogP contribution >= 0.6 is 11.6 Å². The number of imidazole rings is 1. The van der Waals surface area contributed by atoms with Gasteiger partial charge < -0.3 is 4.57 Å². The molecule has 1 saturated heterocycles. The van der Waals surface area contributed by atoms with Gasteiger partial charge in [0.15, 0.2) is 5.65 Å². The van der Waals surface area contributed by atoms with Crippen LogP contribution in [0.15, 0.2) is 48.7 Å². The predicted molar refractivity (Wildman–Crippen MR) is 97.1 cm³/mol. The molecule has 0 saturated carbocycles. The minimum absolute atomic E-state index is 0.385. The van der Waals surface area contributed by atoms with Gasteiger partial charge in [-0.2, -0.15) is 0 Å². The molecular formula is C19H21ClN4. The highest BCUT2D eigenvalue weighted by molar-refractivity contribution is 6.16. The maximum atomic E-state index is 6.16. The molecule has 3 aromatic rings. The molecule has 3 heterocycles. The molecule has 1 aromatic carbocycles. The first kappa shape index (κ1) is 15.6. The summed E-state index contributed by atoms with van der Waals surface area (Å²) >= 11 is 6.16. The Morgan fingerprint density at radius 3 is 2.83 bits per heavy atom. The predicted octanol–water partition coefficient (Wildman–Crippen LogP) is 4.01. The third-order valence-corrected chi connectivity index (χ3v) is 4.98. The molecule has 0 unspecified atom stereocenters. The number of likely N-dealkylation sites (tertiary alicyclic amines) is 1. The lowest BCUT2D eigenvalue weighted by Gasteiger charge is -2.34. The summed E-state index contributed by atoms with van der Waals surface area (Å²) in [6, 6.07) is 15.0. The Balaban J connectivity index is 1.60. The van der Waals surface area contributed by atoms with Gasteiger partial charge in [-0.3, -0.25) is 4.90 Å². The van der Waals surface area contributed by atoms with Crippen LogP contribution in [-0.4, -0.2) is 32.5 Å². The fraction of sp³-hybridized carbons (Fsp3) is 0.368. The lowest BCUT2D eigenvalue weighted by Crippen LogP contribution is -2.36. The molecule has 124 valence electrons. The minimum atomic E-state index is 0.385. The van der Waals surface area contributed by atoms with Crippen LogP contribution in [0.1, 0.15) is 30.3 Å². The molecule has 0 N–H and O–H groups in total. The van der Waals surface area contributed by atoms with Crippen LogP contribution < -0.4 is 0 Å². The molecule has 4 rings (SSSR count). The smallest absolute Gasteiger partial charge is 0.160 e. The van der Waals surface area contributed by atoms with Crippen molar-refractivity contribution in [1.82, 2.24) is 19.4 Å². The lowest BCUT2D eigenvalue weighted by molar-refractivity contribution is 0.170. The van der Waals surface area contributed by atoms with Gasteiger partial charge in [0.25, 0.3) is 0 Å². The molecule has 4 nitrogen and oxygen atoms in total. The molecule has 0 aliphatic carbocycles. The Labute approximate surface area is 147 Å². The maximum absolute atomic E-state index is 6.16. The van der Waals surface area contributed by atoms with E-state index in [4.69, 9.17) is 11.6 Å². The van der Waals surface area contributed by atoms with Crippen LogP contribution in [-0.2, 0) is 12.4 Å². The van der Waals surface area contributed by atoms with Crippen LogP contribution in [0.3, 0.4) is 0 Å². The van der Waals surface area contributed by atoms with E-state index in [0.29, 0.717) is 11.9 Å². The van der Waals surface area contributed by atoms with Crippen LogP contribution in [0.4, 0.5) is 0 Å². The summed E-state index contributed by atoms with van der Waals surface area (Å²) in [6.07, 6.45) is 4.17. The van der Waals surface area contributed by atoms with Crippen LogP contribution in [0.5, 0.6) is 0 Å². The van der Waals surface area contributed by atoms with E-state index in [9.17, 15) is 0 Å². The van der Waals surface area contributed by atoms with E-state index < -0.39 is 0 Å². The number of hydrogen-bond acceptors (Lipinski definition) is 3. The van der Waals surface area contributed by atoms with Crippen molar-refractivity contribution in [3.63, 3.8) is 0 Å². The maximum Gasteiger partial charge on any atom is 0.160 e. The number of halogens is 1. The van der Waals surface area contributed by atoms with E-state index in [-0.39, 0.29) is 0 Å². The van der Waals surface area contributed by atoms with Crippen molar-refractivity contribution in [2.24, 2.45) is 0 Å². The van der Waals surface area contributed by atoms with Gasteiger partial charge >= 0.3 is 0 Å². The molecule has 0 bridgehead atoms. The molecule has 1 aliphatic rings. The highest BCUT2D eigenvalue weighted by atomic mass is 35.5. The molecule has 5 heteroatoms. The van der Waals surface area contributed by atoms with Gasteiger partial charge in [-0.25, -0.2) is 9.97 Å². The second-order valence-electron chi connectivity index (χ2n) is 6.39. The minimum Gasteiger partial charge on any atom is -0.307 e. The Hall–Kier alpha value is -1.91. The van der Waals surface area contributed by atoms with Crippen molar-refractivity contribution in [2.75, 3.05) is 13.1 Å². The van der Waals surface area contributed by atoms with Gasteiger partial charge in [-0.1, -0.05) is 30.3 Å². The summed E-state index contributed by atoms with van der Waals surface area (Å²) in [7, 11) is 0. The molecule has 24 heavy (non-hydrogen) atoms. The Bertz CT molecular complexity index is 815. The second kappa shape index (κ2) is 6.91. The van der Waals surface area contributed by atoms with Crippen LogP contribution in [0.25, 0.3) is 11.2 Å². The number of fused-ring (bicyclic) bond motifs is 1. The zero-order valence-corrected chi connectivity index (χ0v) is 14.4. The van der Waals surface area contributed by atoms with E-state index >= 15 is 0 Å². The van der Waals surface area contributed by atoms with Gasteiger partial charge in [-0.05, 0) is 37.1 Å². The van der Waals surface area contributed by atoms with Crippen molar-refractivity contribution < 1.29 is 0 Å². The number of nitrogens with zero attached hydrogens (tertiary/aromatic N) is 4. The largest absolute Gasteiger partial charge is 0.307 e. The molecule has 1 fully saturated rings. The normalized spacial score (nSPS) is 19.0. The van der Waals surface area contributed by atoms with Gasteiger partial charge in [0, 0.05) is 25.3 Å². The number of rotatable bonds is 4. The lowest BCUT2D eigenvalue weighted by atomic mass is 10.0. The van der Waals surface area contributed by atoms with E-state index in [2.05, 4.69) is 49.8 Å². The average Bonchev–Trinajstić information content (AvgIpc) is 3.01. The van der Waals surface area contributed by atoms with E-state index in [1.165, 1.54) is 12.0 Å². The molecule has 0 spiro atoms. The molecule has 2 aromatic heterocycles. The fourth-order valence-electron chi connectivity index (χ4n) is 3.68. The first-order valence-corrected chi connectivity index (χ1v) is 9.02. The second-order valence-corrected chi connectivity index (χ2v) is 6.66. The monoisotopic (exact) mass is 340 g/mol. The van der Waals surface area contributed by atoms with Crippen molar-refractivity contribution in [3.05, 3.63) is 60.0 Å². The number of benzene rings is 1. The van der Waals surface area contributed by atoms with Gasteiger partial charge in [0.05, 0.1) is 5.88 Å². The van der Waals surface area contributed by atoms with Crippen molar-refractivity contribution >= 4 is 22.8 Å². The summed E-state index contributed by atoms with van der Waals surface area (Å²) in [5.41, 5.74) is 3.26. The number of aromatic nitrogens is 3. The summed E-state index contributed by atoms with van der Waals surface area (Å²) in [6.45, 7) is 3.15. The van der Waals surface area contributed by atoms with Crippen LogP contribution in [0.2, 0.25) is 0 Å². The highest BCUT2D eigenvalue weighted by Crippen LogP contribution is 2.28. The molecule has 1 atom stereocenters. The van der Waals surface area contributed by atoms with Crippen molar-refractivity contribution in [1.29, 1.82) is 0 Å². The zero-order valence-electron chi connectivity index (χ0n) is 13.6. The summed E-state index contributed by atoms with van der Waals surface area (Å²) in [4.78, 5) is 11.7. The van der Waals surface area contributed by atoms with Crippen LogP contribution in [0, 0.1) is 0 Å². The quantitative estimate of drug-likeness (QED) is 0.673. The van der Waals surface area contributed by atoms with E-state index in [0.717, 1.165) is 43.0 Å². The van der Waals surface area contributed by atoms with Gasteiger partial charge in [0.1, 0.15) is 11.3 Å². The van der Waals surface area contributed by atoms with E-state index in [1.54, 1.807) is 0 Å². The first-order valence-electron chi connectivity index (χ1n) is 8.49. The standard InChI is InChI=1S/C19H21ClN4/c20-12-18-22-17-9-4-10-21-19(17)24(18)16-8-5-11-23(14-16)13-15-6-2-1-3-7-15/h1-4,6-7,9-10,16H,5,8,11-14H2/t16-/m1/s1. The average molecular weight is 341 g/mol. The summed E-state index contributed by atoms with van der Waals surface area (Å²) < 4.78 is 2.26. The molecule has 0 amide bonds. The Kier molecular flexibility index (Phi) is 4.50. The van der Waals surface area contributed by atoms with Gasteiger partial charge in [0.2, 0.25) is 0 Å². The zero-order chi connectivity index (χ0) is 16.4. The topological polar surface area (TPSA) is 34.0 Å².